The van der Waals surface area contributed by atoms with E-state index >= 15 is 0 Å². The molecule has 0 spiro atoms. The Labute approximate surface area is 181 Å². The summed E-state index contributed by atoms with van der Waals surface area (Å²) in [7, 11) is 1.67. The number of nitrogens with one attached hydrogen (secondary N) is 1. The van der Waals surface area contributed by atoms with Crippen LogP contribution in [0.5, 0.6) is 5.75 Å². The second-order valence-electron chi connectivity index (χ2n) is 6.86. The van der Waals surface area contributed by atoms with Crippen molar-refractivity contribution in [2.75, 3.05) is 12.4 Å². The highest BCUT2D eigenvalue weighted by Gasteiger charge is 2.15. The van der Waals surface area contributed by atoms with Gasteiger partial charge in [0.05, 0.1) is 12.6 Å². The number of fused-ring (bicyclic) bond motifs is 3. The van der Waals surface area contributed by atoms with E-state index in [1.54, 1.807) is 11.6 Å². The first-order valence-electron chi connectivity index (χ1n) is 9.50. The SMILES string of the molecule is COc1ccc(CNc2nc3c(-c4cccc(Br)c4)nnn3c3ccccc23)cc1. The van der Waals surface area contributed by atoms with E-state index in [-0.39, 0.29) is 0 Å². The molecule has 1 N–H and O–H groups in total. The summed E-state index contributed by atoms with van der Waals surface area (Å²) in [5.41, 5.74) is 4.51. The van der Waals surface area contributed by atoms with Gasteiger partial charge in [0.2, 0.25) is 0 Å². The molecule has 2 heterocycles. The van der Waals surface area contributed by atoms with Gasteiger partial charge in [-0.3, -0.25) is 0 Å². The molecule has 6 nitrogen and oxygen atoms in total. The van der Waals surface area contributed by atoms with Crippen LogP contribution in [0.1, 0.15) is 5.56 Å². The first kappa shape index (κ1) is 18.6. The van der Waals surface area contributed by atoms with Gasteiger partial charge in [-0.25, -0.2) is 4.98 Å². The zero-order chi connectivity index (χ0) is 20.5. The number of hydrogen-bond donors (Lipinski definition) is 1. The number of rotatable bonds is 5. The van der Waals surface area contributed by atoms with Crippen molar-refractivity contribution in [3.63, 3.8) is 0 Å². The Hall–Kier alpha value is -3.45. The summed E-state index contributed by atoms with van der Waals surface area (Å²) in [6, 6.07) is 24.1. The second-order valence-corrected chi connectivity index (χ2v) is 7.78. The van der Waals surface area contributed by atoms with E-state index in [0.717, 1.165) is 43.8 Å². The number of nitrogens with zero attached hydrogens (tertiary/aromatic N) is 4. The molecule has 0 aliphatic carbocycles. The first-order valence-corrected chi connectivity index (χ1v) is 10.3. The Morgan fingerprint density at radius 2 is 1.83 bits per heavy atom. The van der Waals surface area contributed by atoms with E-state index in [1.165, 1.54) is 0 Å². The fourth-order valence-corrected chi connectivity index (χ4v) is 3.85. The molecule has 148 valence electrons. The van der Waals surface area contributed by atoms with Gasteiger partial charge < -0.3 is 10.1 Å². The van der Waals surface area contributed by atoms with Gasteiger partial charge in [-0.15, -0.1) is 5.10 Å². The molecule has 0 radical (unpaired) electrons. The zero-order valence-electron chi connectivity index (χ0n) is 16.2. The molecule has 5 rings (SSSR count). The minimum Gasteiger partial charge on any atom is -0.497 e. The van der Waals surface area contributed by atoms with E-state index in [1.807, 2.05) is 72.8 Å². The molecule has 0 atom stereocenters. The van der Waals surface area contributed by atoms with Crippen molar-refractivity contribution in [1.82, 2.24) is 19.8 Å². The fourth-order valence-electron chi connectivity index (χ4n) is 3.45. The van der Waals surface area contributed by atoms with Crippen molar-refractivity contribution in [2.45, 2.75) is 6.54 Å². The molecular formula is C23H18BrN5O. The molecule has 5 aromatic rings. The molecule has 7 heteroatoms. The van der Waals surface area contributed by atoms with Crippen LogP contribution in [0.2, 0.25) is 0 Å². The number of benzene rings is 3. The van der Waals surface area contributed by atoms with Gasteiger partial charge in [-0.2, -0.15) is 4.52 Å². The molecule has 0 saturated carbocycles. The van der Waals surface area contributed by atoms with Crippen LogP contribution in [0.15, 0.2) is 77.3 Å². The van der Waals surface area contributed by atoms with Gasteiger partial charge in [-0.1, -0.05) is 57.5 Å². The van der Waals surface area contributed by atoms with E-state index in [9.17, 15) is 0 Å². The number of ether oxygens (including phenoxy) is 1. The Kier molecular flexibility index (Phi) is 4.80. The number of hydrogen-bond acceptors (Lipinski definition) is 5. The van der Waals surface area contributed by atoms with E-state index in [4.69, 9.17) is 9.72 Å². The van der Waals surface area contributed by atoms with Gasteiger partial charge in [0.15, 0.2) is 5.65 Å². The lowest BCUT2D eigenvalue weighted by Gasteiger charge is -2.11. The van der Waals surface area contributed by atoms with Crippen molar-refractivity contribution in [3.05, 3.63) is 82.8 Å². The average molecular weight is 460 g/mol. The molecular weight excluding hydrogens is 442 g/mol. The van der Waals surface area contributed by atoms with Crippen molar-refractivity contribution < 1.29 is 4.74 Å². The molecule has 0 saturated heterocycles. The average Bonchev–Trinajstić information content (AvgIpc) is 3.22. The summed E-state index contributed by atoms with van der Waals surface area (Å²) in [6.07, 6.45) is 0. The van der Waals surface area contributed by atoms with Crippen LogP contribution in [0.4, 0.5) is 5.82 Å². The third-order valence-electron chi connectivity index (χ3n) is 4.97. The van der Waals surface area contributed by atoms with Crippen LogP contribution in [-0.2, 0) is 6.54 Å². The summed E-state index contributed by atoms with van der Waals surface area (Å²) in [4.78, 5) is 4.91. The van der Waals surface area contributed by atoms with Crippen molar-refractivity contribution in [1.29, 1.82) is 0 Å². The maximum Gasteiger partial charge on any atom is 0.186 e. The highest BCUT2D eigenvalue weighted by molar-refractivity contribution is 9.10. The highest BCUT2D eigenvalue weighted by atomic mass is 79.9. The lowest BCUT2D eigenvalue weighted by Crippen LogP contribution is -2.05. The third-order valence-corrected chi connectivity index (χ3v) is 5.46. The van der Waals surface area contributed by atoms with Crippen molar-refractivity contribution in [2.24, 2.45) is 0 Å². The number of methoxy groups -OCH3 is 1. The normalized spacial score (nSPS) is 11.1. The van der Waals surface area contributed by atoms with Crippen LogP contribution in [-0.4, -0.2) is 26.9 Å². The maximum atomic E-state index is 5.24. The summed E-state index contributed by atoms with van der Waals surface area (Å²) in [6.45, 7) is 0.644. The van der Waals surface area contributed by atoms with Crippen LogP contribution >= 0.6 is 15.9 Å². The Balaban J connectivity index is 1.60. The van der Waals surface area contributed by atoms with Crippen LogP contribution in [0, 0.1) is 0 Å². The molecule has 0 aliphatic heterocycles. The minimum atomic E-state index is 0.644. The smallest absolute Gasteiger partial charge is 0.186 e. The van der Waals surface area contributed by atoms with E-state index in [0.29, 0.717) is 12.2 Å². The molecule has 0 aliphatic rings. The largest absolute Gasteiger partial charge is 0.497 e. The van der Waals surface area contributed by atoms with E-state index in [2.05, 4.69) is 31.6 Å². The Morgan fingerprint density at radius 3 is 2.63 bits per heavy atom. The fraction of sp³-hybridized carbons (Fsp3) is 0.0870. The van der Waals surface area contributed by atoms with Gasteiger partial charge in [-0.05, 0) is 42.0 Å². The molecule has 30 heavy (non-hydrogen) atoms. The summed E-state index contributed by atoms with van der Waals surface area (Å²) >= 11 is 3.53. The molecule has 3 aromatic carbocycles. The van der Waals surface area contributed by atoms with Gasteiger partial charge in [0.1, 0.15) is 17.3 Å². The summed E-state index contributed by atoms with van der Waals surface area (Å²) in [5.74, 6) is 1.64. The number of anilines is 1. The molecule has 2 aromatic heterocycles. The van der Waals surface area contributed by atoms with Crippen LogP contribution in [0.3, 0.4) is 0 Å². The topological polar surface area (TPSA) is 64.3 Å². The second kappa shape index (κ2) is 7.76. The zero-order valence-corrected chi connectivity index (χ0v) is 17.8. The van der Waals surface area contributed by atoms with Gasteiger partial charge >= 0.3 is 0 Å². The predicted molar refractivity (Wildman–Crippen MR) is 122 cm³/mol. The lowest BCUT2D eigenvalue weighted by atomic mass is 10.1. The standard InChI is InChI=1S/C23H18BrN5O/c1-30-18-11-9-15(10-12-18)14-25-22-19-7-2-3-8-20(19)29-23(26-22)21(27-28-29)16-5-4-6-17(24)13-16/h2-13H,14H2,1H3,(H,25,26). The number of para-hydroxylation sites is 1. The Bertz CT molecular complexity index is 1350. The van der Waals surface area contributed by atoms with Gasteiger partial charge in [0, 0.05) is 22.0 Å². The summed E-state index contributed by atoms with van der Waals surface area (Å²) in [5, 5.41) is 13.3. The van der Waals surface area contributed by atoms with Crippen molar-refractivity contribution >= 4 is 38.3 Å². The van der Waals surface area contributed by atoms with E-state index < -0.39 is 0 Å². The molecule has 0 unspecified atom stereocenters. The number of aromatic nitrogens is 4. The van der Waals surface area contributed by atoms with Gasteiger partial charge in [0.25, 0.3) is 0 Å². The Morgan fingerprint density at radius 1 is 1.00 bits per heavy atom. The monoisotopic (exact) mass is 459 g/mol. The van der Waals surface area contributed by atoms with Crippen LogP contribution < -0.4 is 10.1 Å². The third kappa shape index (κ3) is 3.37. The quantitative estimate of drug-likeness (QED) is 0.384. The number of halogens is 1. The highest BCUT2D eigenvalue weighted by Crippen LogP contribution is 2.29. The minimum absolute atomic E-state index is 0.644. The maximum absolute atomic E-state index is 5.24. The molecule has 0 fully saturated rings. The molecule has 0 amide bonds. The molecule has 0 bridgehead atoms. The van der Waals surface area contributed by atoms with Crippen molar-refractivity contribution in [3.8, 4) is 17.0 Å². The first-order chi connectivity index (χ1) is 14.7. The lowest BCUT2D eigenvalue weighted by molar-refractivity contribution is 0.414. The predicted octanol–water partition coefficient (Wildman–Crippen LogP) is 5.33. The summed E-state index contributed by atoms with van der Waals surface area (Å²) < 4.78 is 8.02. The van der Waals surface area contributed by atoms with Crippen LogP contribution in [0.25, 0.3) is 27.8 Å².